The van der Waals surface area contributed by atoms with Gasteiger partial charge in [-0.3, -0.25) is 0 Å². The molecule has 0 aliphatic carbocycles. The lowest BCUT2D eigenvalue weighted by molar-refractivity contribution is 0.416. The number of hydrogen-bond acceptors (Lipinski definition) is 3. The molecule has 1 aromatic carbocycles. The molecule has 0 spiro atoms. The molecule has 0 unspecified atom stereocenters. The highest BCUT2D eigenvalue weighted by molar-refractivity contribution is 9.10. The molecular formula is C15H16BrFN2O. The second kappa shape index (κ2) is 5.48. The molecule has 0 fully saturated rings. The topological polar surface area (TPSA) is 35.0 Å². The van der Waals surface area contributed by atoms with Gasteiger partial charge in [0.05, 0.1) is 0 Å². The maximum atomic E-state index is 13.7. The number of benzene rings is 1. The van der Waals surface area contributed by atoms with Crippen molar-refractivity contribution >= 4 is 15.9 Å². The Kier molecular flexibility index (Phi) is 4.09. The third kappa shape index (κ3) is 3.54. The molecule has 1 aromatic heterocycles. The molecule has 0 bridgehead atoms. The molecule has 0 atom stereocenters. The summed E-state index contributed by atoms with van der Waals surface area (Å²) in [5, 5.41) is 0. The van der Waals surface area contributed by atoms with E-state index < -0.39 is 5.82 Å². The predicted octanol–water partition coefficient (Wildman–Crippen LogP) is 4.78. The van der Waals surface area contributed by atoms with Crippen molar-refractivity contribution in [2.24, 2.45) is 0 Å². The Morgan fingerprint density at radius 3 is 2.50 bits per heavy atom. The van der Waals surface area contributed by atoms with Crippen LogP contribution in [0.25, 0.3) is 0 Å². The second-order valence-corrected chi connectivity index (χ2v) is 6.45. The standard InChI is InChI=1S/C15H16BrFN2O/c1-9-5-6-10(17)11(7-9)20-13-8-12(16)18-14(19-13)15(2,3)4/h5-8H,1-4H3. The summed E-state index contributed by atoms with van der Waals surface area (Å²) in [7, 11) is 0. The first-order valence-electron chi connectivity index (χ1n) is 6.25. The third-order valence-electron chi connectivity index (χ3n) is 2.64. The van der Waals surface area contributed by atoms with Crippen LogP contribution in [0.4, 0.5) is 4.39 Å². The fraction of sp³-hybridized carbons (Fsp3) is 0.333. The lowest BCUT2D eigenvalue weighted by Gasteiger charge is -2.17. The van der Waals surface area contributed by atoms with Crippen molar-refractivity contribution in [3.8, 4) is 11.6 Å². The average Bonchev–Trinajstić information content (AvgIpc) is 2.32. The highest BCUT2D eigenvalue weighted by atomic mass is 79.9. The molecule has 3 nitrogen and oxygen atoms in total. The van der Waals surface area contributed by atoms with Crippen LogP contribution in [0.5, 0.6) is 11.6 Å². The van der Waals surface area contributed by atoms with Crippen LogP contribution < -0.4 is 4.74 Å². The zero-order chi connectivity index (χ0) is 14.9. The van der Waals surface area contributed by atoms with E-state index in [2.05, 4.69) is 25.9 Å². The Bertz CT molecular complexity index is 638. The Balaban J connectivity index is 2.39. The normalized spacial score (nSPS) is 11.5. The molecule has 5 heteroatoms. The van der Waals surface area contributed by atoms with Gasteiger partial charge in [-0.05, 0) is 40.5 Å². The minimum atomic E-state index is -0.414. The zero-order valence-corrected chi connectivity index (χ0v) is 13.5. The maximum Gasteiger partial charge on any atom is 0.223 e. The summed E-state index contributed by atoms with van der Waals surface area (Å²) < 4.78 is 19.9. The quantitative estimate of drug-likeness (QED) is 0.739. The van der Waals surface area contributed by atoms with Crippen molar-refractivity contribution in [2.45, 2.75) is 33.1 Å². The number of nitrogens with zero attached hydrogens (tertiary/aromatic N) is 2. The maximum absolute atomic E-state index is 13.7. The molecule has 2 aromatic rings. The lowest BCUT2D eigenvalue weighted by atomic mass is 9.96. The molecule has 0 N–H and O–H groups in total. The van der Waals surface area contributed by atoms with E-state index in [-0.39, 0.29) is 11.2 Å². The van der Waals surface area contributed by atoms with Crippen molar-refractivity contribution in [1.29, 1.82) is 0 Å². The van der Waals surface area contributed by atoms with Gasteiger partial charge in [0.25, 0.3) is 0 Å². The van der Waals surface area contributed by atoms with E-state index >= 15 is 0 Å². The third-order valence-corrected chi connectivity index (χ3v) is 3.05. The van der Waals surface area contributed by atoms with Crippen LogP contribution in [0, 0.1) is 12.7 Å². The van der Waals surface area contributed by atoms with Crippen LogP contribution in [0.3, 0.4) is 0 Å². The van der Waals surface area contributed by atoms with Gasteiger partial charge in [0, 0.05) is 11.5 Å². The van der Waals surface area contributed by atoms with Crippen molar-refractivity contribution in [3.05, 3.63) is 46.1 Å². The monoisotopic (exact) mass is 338 g/mol. The lowest BCUT2D eigenvalue weighted by Crippen LogP contribution is -2.16. The first-order chi connectivity index (χ1) is 9.25. The van der Waals surface area contributed by atoms with Crippen LogP contribution in [0.1, 0.15) is 32.2 Å². The molecular weight excluding hydrogens is 323 g/mol. The highest BCUT2D eigenvalue weighted by Crippen LogP contribution is 2.28. The summed E-state index contributed by atoms with van der Waals surface area (Å²) >= 11 is 3.33. The van der Waals surface area contributed by atoms with E-state index in [1.165, 1.54) is 6.07 Å². The van der Waals surface area contributed by atoms with E-state index in [0.717, 1.165) is 5.56 Å². The molecule has 20 heavy (non-hydrogen) atoms. The molecule has 0 aliphatic rings. The molecule has 106 valence electrons. The Morgan fingerprint density at radius 1 is 1.15 bits per heavy atom. The molecule has 0 saturated heterocycles. The van der Waals surface area contributed by atoms with Gasteiger partial charge in [-0.1, -0.05) is 26.8 Å². The average molecular weight is 339 g/mol. The van der Waals surface area contributed by atoms with E-state index in [4.69, 9.17) is 4.74 Å². The van der Waals surface area contributed by atoms with Gasteiger partial charge >= 0.3 is 0 Å². The molecule has 0 aliphatic heterocycles. The summed E-state index contributed by atoms with van der Waals surface area (Å²) in [6.07, 6.45) is 0. The molecule has 0 saturated carbocycles. The molecule has 2 rings (SSSR count). The Hall–Kier alpha value is -1.49. The number of ether oxygens (including phenoxy) is 1. The minimum Gasteiger partial charge on any atom is -0.436 e. The van der Waals surface area contributed by atoms with Crippen LogP contribution >= 0.6 is 15.9 Å². The first-order valence-corrected chi connectivity index (χ1v) is 7.04. The first kappa shape index (κ1) is 14.9. The summed E-state index contributed by atoms with van der Waals surface area (Å²) in [6, 6.07) is 6.34. The molecule has 0 radical (unpaired) electrons. The summed E-state index contributed by atoms with van der Waals surface area (Å²) in [6.45, 7) is 7.90. The second-order valence-electron chi connectivity index (χ2n) is 5.64. The van der Waals surface area contributed by atoms with Crippen molar-refractivity contribution < 1.29 is 9.13 Å². The van der Waals surface area contributed by atoms with Crippen LogP contribution in [0.2, 0.25) is 0 Å². The minimum absolute atomic E-state index is 0.162. The Morgan fingerprint density at radius 2 is 1.85 bits per heavy atom. The Labute approximate surface area is 126 Å². The summed E-state index contributed by atoms with van der Waals surface area (Å²) in [4.78, 5) is 8.66. The fourth-order valence-corrected chi connectivity index (χ4v) is 1.95. The van der Waals surface area contributed by atoms with Crippen LogP contribution in [-0.2, 0) is 5.41 Å². The van der Waals surface area contributed by atoms with Crippen molar-refractivity contribution in [1.82, 2.24) is 9.97 Å². The SMILES string of the molecule is Cc1ccc(F)c(Oc2cc(Br)nc(C(C)(C)C)n2)c1. The number of hydrogen-bond donors (Lipinski definition) is 0. The van der Waals surface area contributed by atoms with Gasteiger partial charge in [0.1, 0.15) is 10.4 Å². The van der Waals surface area contributed by atoms with Gasteiger partial charge < -0.3 is 4.74 Å². The molecule has 1 heterocycles. The van der Waals surface area contributed by atoms with Crippen molar-refractivity contribution in [3.63, 3.8) is 0 Å². The van der Waals surface area contributed by atoms with E-state index in [1.807, 2.05) is 27.7 Å². The highest BCUT2D eigenvalue weighted by Gasteiger charge is 2.19. The van der Waals surface area contributed by atoms with Gasteiger partial charge in [0.2, 0.25) is 5.88 Å². The summed E-state index contributed by atoms with van der Waals surface area (Å²) in [5.74, 6) is 0.703. The molecule has 0 amide bonds. The van der Waals surface area contributed by atoms with Crippen LogP contribution in [-0.4, -0.2) is 9.97 Å². The van der Waals surface area contributed by atoms with E-state index in [1.54, 1.807) is 18.2 Å². The number of aryl methyl sites for hydroxylation is 1. The van der Waals surface area contributed by atoms with Gasteiger partial charge in [0.15, 0.2) is 11.6 Å². The fourth-order valence-electron chi connectivity index (χ4n) is 1.59. The zero-order valence-electron chi connectivity index (χ0n) is 11.9. The van der Waals surface area contributed by atoms with Gasteiger partial charge in [-0.25, -0.2) is 9.37 Å². The van der Waals surface area contributed by atoms with E-state index in [0.29, 0.717) is 16.3 Å². The van der Waals surface area contributed by atoms with Crippen molar-refractivity contribution in [2.75, 3.05) is 0 Å². The number of aromatic nitrogens is 2. The van der Waals surface area contributed by atoms with Gasteiger partial charge in [-0.15, -0.1) is 0 Å². The van der Waals surface area contributed by atoms with Crippen LogP contribution in [0.15, 0.2) is 28.9 Å². The van der Waals surface area contributed by atoms with Gasteiger partial charge in [-0.2, -0.15) is 4.98 Å². The largest absolute Gasteiger partial charge is 0.436 e. The number of rotatable bonds is 2. The smallest absolute Gasteiger partial charge is 0.223 e. The van der Waals surface area contributed by atoms with E-state index in [9.17, 15) is 4.39 Å². The summed E-state index contributed by atoms with van der Waals surface area (Å²) in [5.41, 5.74) is 0.707. The number of halogens is 2. The predicted molar refractivity (Wildman–Crippen MR) is 79.6 cm³/mol.